The third-order valence-corrected chi connectivity index (χ3v) is 8.33. The highest BCUT2D eigenvalue weighted by molar-refractivity contribution is 6.74. The van der Waals surface area contributed by atoms with E-state index in [4.69, 9.17) is 18.6 Å². The predicted octanol–water partition coefficient (Wildman–Crippen LogP) is 2.74. The summed E-state index contributed by atoms with van der Waals surface area (Å²) in [6, 6.07) is 0. The summed E-state index contributed by atoms with van der Waals surface area (Å²) in [6.07, 6.45) is 0.635. The maximum Gasteiger partial charge on any atom is 0.303 e. The van der Waals surface area contributed by atoms with Crippen LogP contribution < -0.4 is 0 Å². The predicted molar refractivity (Wildman–Crippen MR) is 83.4 cm³/mol. The number of esters is 2. The Balaban J connectivity index is 2.98. The van der Waals surface area contributed by atoms with Gasteiger partial charge in [-0.1, -0.05) is 20.8 Å². The third kappa shape index (κ3) is 4.84. The molecular formula is C15H26O6Si. The summed E-state index contributed by atoms with van der Waals surface area (Å²) in [4.78, 5) is 22.6. The topological polar surface area (TPSA) is 71.1 Å². The molecular weight excluding hydrogens is 304 g/mol. The number of hydrogen-bond acceptors (Lipinski definition) is 6. The summed E-state index contributed by atoms with van der Waals surface area (Å²) in [5.74, 6) is -0.940. The molecule has 0 saturated heterocycles. The van der Waals surface area contributed by atoms with Gasteiger partial charge in [0.1, 0.15) is 0 Å². The second-order valence-electron chi connectivity index (χ2n) is 6.86. The van der Waals surface area contributed by atoms with E-state index in [0.717, 1.165) is 0 Å². The van der Waals surface area contributed by atoms with Crippen molar-refractivity contribution >= 4 is 20.3 Å². The van der Waals surface area contributed by atoms with Crippen LogP contribution in [-0.2, 0) is 28.2 Å². The van der Waals surface area contributed by atoms with Crippen LogP contribution in [0.5, 0.6) is 0 Å². The van der Waals surface area contributed by atoms with Crippen molar-refractivity contribution in [1.29, 1.82) is 0 Å². The van der Waals surface area contributed by atoms with Crippen molar-refractivity contribution in [3.63, 3.8) is 0 Å². The van der Waals surface area contributed by atoms with Gasteiger partial charge in [0.25, 0.3) is 0 Å². The summed E-state index contributed by atoms with van der Waals surface area (Å²) in [6.45, 7) is 13.0. The van der Waals surface area contributed by atoms with E-state index in [9.17, 15) is 9.59 Å². The monoisotopic (exact) mass is 330 g/mol. The first kappa shape index (κ1) is 18.7. The van der Waals surface area contributed by atoms with Gasteiger partial charge in [-0.15, -0.1) is 0 Å². The van der Waals surface area contributed by atoms with E-state index in [-0.39, 0.29) is 5.04 Å². The molecule has 0 amide bonds. The molecule has 0 aliphatic carbocycles. The highest BCUT2D eigenvalue weighted by Crippen LogP contribution is 2.38. The number of rotatable bonds is 4. The van der Waals surface area contributed by atoms with Gasteiger partial charge in [0.2, 0.25) is 12.4 Å². The van der Waals surface area contributed by atoms with Gasteiger partial charge in [0, 0.05) is 13.8 Å². The molecule has 0 spiro atoms. The zero-order valence-corrected chi connectivity index (χ0v) is 15.3. The molecule has 0 fully saturated rings. The Morgan fingerprint density at radius 3 is 2.09 bits per heavy atom. The van der Waals surface area contributed by atoms with Crippen LogP contribution in [0.2, 0.25) is 18.1 Å². The molecule has 22 heavy (non-hydrogen) atoms. The standard InChI is InChI=1S/C15H26O6Si/c1-10(16)19-12-8-9-18-14(13(12)20-11(2)17)21-22(6,7)15(3,4)5/h8-9,12-14H,1-7H3/t12-,13-,14-/m1/s1. The van der Waals surface area contributed by atoms with Crippen molar-refractivity contribution in [2.75, 3.05) is 0 Å². The van der Waals surface area contributed by atoms with E-state index < -0.39 is 38.8 Å². The van der Waals surface area contributed by atoms with Gasteiger partial charge in [-0.2, -0.15) is 0 Å². The molecule has 0 N–H and O–H groups in total. The highest BCUT2D eigenvalue weighted by atomic mass is 28.4. The molecule has 7 heteroatoms. The SMILES string of the molecule is CC(=O)O[C@H]1[C@@H](O[Si](C)(C)C(C)(C)C)OC=C[C@H]1OC(C)=O. The minimum atomic E-state index is -2.15. The van der Waals surface area contributed by atoms with Crippen molar-refractivity contribution in [1.82, 2.24) is 0 Å². The van der Waals surface area contributed by atoms with E-state index in [1.165, 1.54) is 20.1 Å². The first-order valence-electron chi connectivity index (χ1n) is 7.28. The number of ether oxygens (including phenoxy) is 3. The minimum absolute atomic E-state index is 0.0325. The zero-order valence-electron chi connectivity index (χ0n) is 14.3. The van der Waals surface area contributed by atoms with Crippen molar-refractivity contribution in [2.24, 2.45) is 0 Å². The quantitative estimate of drug-likeness (QED) is 0.583. The van der Waals surface area contributed by atoms with Gasteiger partial charge in [-0.05, 0) is 24.2 Å². The number of carbonyl (C=O) groups is 2. The molecule has 0 bridgehead atoms. The van der Waals surface area contributed by atoms with Gasteiger partial charge in [-0.25, -0.2) is 0 Å². The summed E-state index contributed by atoms with van der Waals surface area (Å²) in [5.41, 5.74) is 0. The molecule has 0 radical (unpaired) electrons. The van der Waals surface area contributed by atoms with Gasteiger partial charge in [-0.3, -0.25) is 9.59 Å². The highest BCUT2D eigenvalue weighted by Gasteiger charge is 2.45. The number of carbonyl (C=O) groups excluding carboxylic acids is 2. The van der Waals surface area contributed by atoms with Crippen LogP contribution in [0.3, 0.4) is 0 Å². The second-order valence-corrected chi connectivity index (χ2v) is 11.6. The first-order chi connectivity index (χ1) is 9.94. The van der Waals surface area contributed by atoms with Crippen LogP contribution in [0.4, 0.5) is 0 Å². The lowest BCUT2D eigenvalue weighted by molar-refractivity contribution is -0.198. The van der Waals surface area contributed by atoms with Gasteiger partial charge < -0.3 is 18.6 Å². The molecule has 0 aromatic rings. The van der Waals surface area contributed by atoms with Crippen molar-refractivity contribution in [2.45, 2.75) is 71.2 Å². The minimum Gasteiger partial charge on any atom is -0.469 e. The summed E-state index contributed by atoms with van der Waals surface area (Å²) >= 11 is 0. The molecule has 0 unspecified atom stereocenters. The van der Waals surface area contributed by atoms with Crippen LogP contribution in [0.1, 0.15) is 34.6 Å². The lowest BCUT2D eigenvalue weighted by Crippen LogP contribution is -2.53. The molecule has 1 heterocycles. The van der Waals surface area contributed by atoms with E-state index in [2.05, 4.69) is 33.9 Å². The zero-order chi connectivity index (χ0) is 17.1. The van der Waals surface area contributed by atoms with Crippen molar-refractivity contribution < 1.29 is 28.2 Å². The molecule has 0 saturated carbocycles. The van der Waals surface area contributed by atoms with E-state index in [1.807, 2.05) is 0 Å². The fourth-order valence-electron chi connectivity index (χ4n) is 1.72. The summed E-state index contributed by atoms with van der Waals surface area (Å²) < 4.78 is 22.1. The van der Waals surface area contributed by atoms with Crippen molar-refractivity contribution in [3.8, 4) is 0 Å². The molecule has 0 aromatic heterocycles. The lowest BCUT2D eigenvalue weighted by atomic mass is 10.1. The normalized spacial score (nSPS) is 25.3. The number of hydrogen-bond donors (Lipinski definition) is 0. The van der Waals surface area contributed by atoms with Crippen LogP contribution >= 0.6 is 0 Å². The molecule has 1 aliphatic heterocycles. The van der Waals surface area contributed by atoms with Crippen LogP contribution in [0.15, 0.2) is 12.3 Å². The Bertz CT molecular complexity index is 451. The third-order valence-electron chi connectivity index (χ3n) is 3.89. The smallest absolute Gasteiger partial charge is 0.303 e. The van der Waals surface area contributed by atoms with Gasteiger partial charge in [0.05, 0.1) is 6.26 Å². The fourth-order valence-corrected chi connectivity index (χ4v) is 2.84. The van der Waals surface area contributed by atoms with Crippen LogP contribution in [0.25, 0.3) is 0 Å². The summed E-state index contributed by atoms with van der Waals surface area (Å²) in [5, 5.41) is -0.0325. The maximum absolute atomic E-state index is 11.4. The maximum atomic E-state index is 11.4. The Kier molecular flexibility index (Phi) is 5.80. The fraction of sp³-hybridized carbons (Fsp3) is 0.733. The van der Waals surface area contributed by atoms with Gasteiger partial charge in [0.15, 0.2) is 14.4 Å². The molecule has 3 atom stereocenters. The van der Waals surface area contributed by atoms with Crippen molar-refractivity contribution in [3.05, 3.63) is 12.3 Å². The molecule has 1 rings (SSSR count). The molecule has 1 aliphatic rings. The molecule has 6 nitrogen and oxygen atoms in total. The first-order valence-corrected chi connectivity index (χ1v) is 10.2. The van der Waals surface area contributed by atoms with Crippen LogP contribution in [0, 0.1) is 0 Å². The Morgan fingerprint density at radius 1 is 1.09 bits per heavy atom. The van der Waals surface area contributed by atoms with Gasteiger partial charge >= 0.3 is 11.9 Å². The Labute approximate surface area is 132 Å². The van der Waals surface area contributed by atoms with Crippen LogP contribution in [-0.4, -0.2) is 38.8 Å². The second kappa shape index (κ2) is 6.83. The van der Waals surface area contributed by atoms with E-state index >= 15 is 0 Å². The summed E-state index contributed by atoms with van der Waals surface area (Å²) in [7, 11) is -2.15. The molecule has 0 aromatic carbocycles. The average molecular weight is 330 g/mol. The van der Waals surface area contributed by atoms with E-state index in [0.29, 0.717) is 0 Å². The average Bonchev–Trinajstić information content (AvgIpc) is 2.30. The largest absolute Gasteiger partial charge is 0.469 e. The Hall–Kier alpha value is -1.34. The molecule has 126 valence electrons. The Morgan fingerprint density at radius 2 is 1.64 bits per heavy atom. The van der Waals surface area contributed by atoms with E-state index in [1.54, 1.807) is 6.08 Å². The lowest BCUT2D eigenvalue weighted by Gasteiger charge is -2.42.